The Morgan fingerprint density at radius 1 is 0.386 bits per heavy atom. The molecular formula is C33H56Cu3N3Si5. The molecule has 11 heteroatoms. The van der Waals surface area contributed by atoms with E-state index in [0.29, 0.717) is 0 Å². The maximum Gasteiger partial charge on any atom is 1.00 e. The van der Waals surface area contributed by atoms with Crippen LogP contribution in [0.1, 0.15) is 22.8 Å². The summed E-state index contributed by atoms with van der Waals surface area (Å²) in [7, 11) is -7.01. The van der Waals surface area contributed by atoms with Gasteiger partial charge in [-0.15, -0.1) is 41.2 Å². The number of hydrogen-bond donors (Lipinski definition) is 0. The Bertz CT molecular complexity index is 1120. The van der Waals surface area contributed by atoms with Gasteiger partial charge >= 0.3 is 51.2 Å². The first-order chi connectivity index (χ1) is 18.5. The zero-order valence-electron chi connectivity index (χ0n) is 29.6. The summed E-state index contributed by atoms with van der Waals surface area (Å²) in [6, 6.07) is 18.9. The van der Waals surface area contributed by atoms with Crippen molar-refractivity contribution in [3.8, 4) is 0 Å². The maximum atomic E-state index is 5.30. The van der Waals surface area contributed by atoms with Crippen LogP contribution in [-0.2, 0) is 51.2 Å². The summed E-state index contributed by atoms with van der Waals surface area (Å²) in [5, 5.41) is 3.45. The Labute approximate surface area is 307 Å². The summed E-state index contributed by atoms with van der Waals surface area (Å²) >= 11 is 0. The largest absolute Gasteiger partial charge is 1.00 e. The van der Waals surface area contributed by atoms with Gasteiger partial charge in [-0.2, -0.15) is 10.3 Å². The van der Waals surface area contributed by atoms with E-state index in [4.69, 9.17) is 4.98 Å². The molecule has 3 aromatic rings. The summed E-state index contributed by atoms with van der Waals surface area (Å²) < 4.78 is 0. The Morgan fingerprint density at radius 2 is 0.682 bits per heavy atom. The first-order valence-electron chi connectivity index (χ1n) is 15.0. The Balaban J connectivity index is 0. The zero-order chi connectivity index (χ0) is 31.4. The number of pyridine rings is 3. The third kappa shape index (κ3) is 13.4. The van der Waals surface area contributed by atoms with Gasteiger partial charge in [-0.3, -0.25) is 9.97 Å². The molecule has 0 aliphatic carbocycles. The molecule has 3 nitrogen and oxygen atoms in total. The predicted octanol–water partition coefficient (Wildman–Crippen LogP) is 9.75. The molecule has 0 radical (unpaired) electrons. The first-order valence-corrected chi connectivity index (χ1v) is 32.5. The molecule has 3 rings (SSSR count). The van der Waals surface area contributed by atoms with Crippen molar-refractivity contribution in [2.45, 2.75) is 98.2 Å². The minimum Gasteiger partial charge on any atom is -0.326 e. The summed E-state index contributed by atoms with van der Waals surface area (Å²) in [5.74, 6) is 0. The fourth-order valence-corrected chi connectivity index (χ4v) is 29.9. The molecule has 0 atom stereocenters. The van der Waals surface area contributed by atoms with Crippen molar-refractivity contribution in [1.82, 2.24) is 15.0 Å². The van der Waals surface area contributed by atoms with E-state index in [1.54, 1.807) is 10.3 Å². The molecule has 0 bridgehead atoms. The molecule has 0 saturated carbocycles. The second-order valence-electron chi connectivity index (χ2n) is 16.2. The molecule has 3 heterocycles. The van der Waals surface area contributed by atoms with Gasteiger partial charge in [0.25, 0.3) is 0 Å². The molecule has 0 saturated heterocycles. The van der Waals surface area contributed by atoms with Crippen LogP contribution in [0, 0.1) is 15.9 Å². The van der Waals surface area contributed by atoms with Crippen LogP contribution < -0.4 is 0 Å². The summed E-state index contributed by atoms with van der Waals surface area (Å²) in [6.45, 7) is 36.8. The van der Waals surface area contributed by atoms with Gasteiger partial charge in [0.2, 0.25) is 0 Å². The minimum atomic E-state index is -1.48. The van der Waals surface area contributed by atoms with Gasteiger partial charge in [0, 0.05) is 20.5 Å². The van der Waals surface area contributed by atoms with Crippen LogP contribution in [0.15, 0.2) is 67.0 Å². The van der Waals surface area contributed by atoms with Gasteiger partial charge < -0.3 is 4.98 Å². The number of aromatic nitrogens is 3. The van der Waals surface area contributed by atoms with Gasteiger partial charge in [-0.1, -0.05) is 110 Å². The molecule has 0 spiro atoms. The average Bonchev–Trinajstić information content (AvgIpc) is 2.76. The van der Waals surface area contributed by atoms with Crippen LogP contribution in [0.25, 0.3) is 0 Å². The fourth-order valence-electron chi connectivity index (χ4n) is 6.42. The van der Waals surface area contributed by atoms with E-state index in [-0.39, 0.29) is 51.2 Å². The first kappa shape index (κ1) is 45.8. The number of hydrogen-bond acceptors (Lipinski definition) is 3. The van der Waals surface area contributed by atoms with E-state index in [9.17, 15) is 0 Å². The van der Waals surface area contributed by atoms with Crippen LogP contribution in [-0.4, -0.2) is 55.3 Å². The van der Waals surface area contributed by atoms with Crippen LogP contribution in [0.2, 0.25) is 98.2 Å². The minimum absolute atomic E-state index is 0. The fraction of sp³-hybridized carbons (Fsp3) is 0.455. The molecule has 0 amide bonds. The molecule has 0 fully saturated rings. The van der Waals surface area contributed by atoms with E-state index in [1.807, 2.05) is 36.7 Å². The molecular weight excluding hydrogens is 769 g/mol. The zero-order valence-corrected chi connectivity index (χ0v) is 37.4. The van der Waals surface area contributed by atoms with E-state index in [2.05, 4.69) is 139 Å². The normalized spacial score (nSPS) is 11.9. The van der Waals surface area contributed by atoms with Crippen molar-refractivity contribution in [2.75, 3.05) is 0 Å². The number of rotatable bonds is 9. The SMILES string of the molecule is C[Si](C)(C)[C-](c1cccc([C-]([Si](C)(C)C)[Si](C)(C)C)n1)[Si](C)(C)C.C[Si](C)(C)[C-](c1ccccn1)c1ccccn1.[Cu+].[Cu+].[Cu+]. The third-order valence-corrected chi connectivity index (χ3v) is 24.9. The second-order valence-corrected chi connectivity index (χ2v) is 42.2. The van der Waals surface area contributed by atoms with E-state index < -0.39 is 40.4 Å². The summed E-state index contributed by atoms with van der Waals surface area (Å²) in [5.41, 5.74) is 6.05. The van der Waals surface area contributed by atoms with Crippen LogP contribution in [0.4, 0.5) is 0 Å². The molecule has 0 aliphatic heterocycles. The molecule has 0 unspecified atom stereocenters. The van der Waals surface area contributed by atoms with Gasteiger partial charge in [0.15, 0.2) is 0 Å². The standard InChI is InChI=1S/C19H39NSi4.C14H17N2Si.3Cu/c1-21(2,3)18(22(4,5)6)16-14-13-15-17(20-16)19(23(7,8)9)24(10,11)12;1-17(2,3)14(12-8-4-6-10-15-12)13-9-5-7-11-16-13;;;/h13-15H,1-12H3;4-11H,1-3H3;;;/q-2;-1;3*+1. The molecule has 0 aliphatic rings. The second kappa shape index (κ2) is 17.7. The Kier molecular flexibility index (Phi) is 18.5. The molecule has 44 heavy (non-hydrogen) atoms. The third-order valence-electron chi connectivity index (χ3n) is 6.85. The number of nitrogens with zero attached hydrogens (tertiary/aromatic N) is 3. The van der Waals surface area contributed by atoms with Gasteiger partial charge in [0.1, 0.15) is 0 Å². The Morgan fingerprint density at radius 3 is 0.909 bits per heavy atom. The van der Waals surface area contributed by atoms with E-state index in [0.717, 1.165) is 11.4 Å². The molecule has 256 valence electrons. The molecule has 0 N–H and O–H groups in total. The monoisotopic (exact) mass is 823 g/mol. The van der Waals surface area contributed by atoms with Crippen molar-refractivity contribution in [2.24, 2.45) is 0 Å². The Hall–Kier alpha value is -0.297. The average molecular weight is 826 g/mol. The van der Waals surface area contributed by atoms with Crippen molar-refractivity contribution in [3.05, 3.63) is 106 Å². The van der Waals surface area contributed by atoms with E-state index >= 15 is 0 Å². The maximum absolute atomic E-state index is 5.30. The molecule has 3 aromatic heterocycles. The van der Waals surface area contributed by atoms with Crippen molar-refractivity contribution in [3.63, 3.8) is 0 Å². The van der Waals surface area contributed by atoms with Crippen LogP contribution in [0.3, 0.4) is 0 Å². The van der Waals surface area contributed by atoms with Gasteiger partial charge in [-0.25, -0.2) is 18.2 Å². The smallest absolute Gasteiger partial charge is 0.326 e. The van der Waals surface area contributed by atoms with Gasteiger partial charge in [0.05, 0.1) is 0 Å². The predicted molar refractivity (Wildman–Crippen MR) is 196 cm³/mol. The molecule has 0 aromatic carbocycles. The van der Waals surface area contributed by atoms with Crippen LogP contribution >= 0.6 is 0 Å². The van der Waals surface area contributed by atoms with Crippen molar-refractivity contribution < 1.29 is 51.2 Å². The summed E-state index contributed by atoms with van der Waals surface area (Å²) in [6.07, 6.45) is 3.69. The topological polar surface area (TPSA) is 38.7 Å². The quantitative estimate of drug-likeness (QED) is 0.159. The van der Waals surface area contributed by atoms with Crippen LogP contribution in [0.5, 0.6) is 0 Å². The van der Waals surface area contributed by atoms with E-state index in [1.165, 1.54) is 16.9 Å². The van der Waals surface area contributed by atoms with Crippen molar-refractivity contribution in [1.29, 1.82) is 0 Å². The van der Waals surface area contributed by atoms with Gasteiger partial charge in [-0.05, 0) is 43.7 Å². The summed E-state index contributed by atoms with van der Waals surface area (Å²) in [4.78, 5) is 14.3. The van der Waals surface area contributed by atoms with Crippen molar-refractivity contribution >= 4 is 40.4 Å².